The highest BCUT2D eigenvalue weighted by atomic mass is 32.1. The molecule has 0 aromatic carbocycles. The summed E-state index contributed by atoms with van der Waals surface area (Å²) in [6.07, 6.45) is -2.77. The Morgan fingerprint density at radius 1 is 0.463 bits per heavy atom. The molecular weight excluding hydrogens is 611 g/mol. The first-order valence-corrected chi connectivity index (χ1v) is 16.0. The second-order valence-electron chi connectivity index (χ2n) is 8.56. The predicted molar refractivity (Wildman–Crippen MR) is 170 cm³/mol. The lowest BCUT2D eigenvalue weighted by atomic mass is 10.4. The first-order valence-electron chi connectivity index (χ1n) is 14.4. The molecule has 0 atom stereocenters. The van der Waals surface area contributed by atoms with Gasteiger partial charge in [-0.2, -0.15) is 0 Å². The molecule has 11 nitrogen and oxygen atoms in total. The maximum atomic E-state index is 5.93. The average Bonchev–Trinajstić information content (AvgIpc) is 2.89. The fourth-order valence-corrected chi connectivity index (χ4v) is 4.82. The number of hydrogen-bond donors (Lipinski definition) is 0. The van der Waals surface area contributed by atoms with Crippen molar-refractivity contribution >= 4 is 58.3 Å². The summed E-state index contributed by atoms with van der Waals surface area (Å²) in [6.45, 7) is 18.8. The van der Waals surface area contributed by atoms with E-state index in [2.05, 4.69) is 0 Å². The average molecular weight is 663 g/mol. The third-order valence-corrected chi connectivity index (χ3v) is 7.01. The van der Waals surface area contributed by atoms with Crippen molar-refractivity contribution in [2.24, 2.45) is 0 Å². The third-order valence-electron chi connectivity index (χ3n) is 5.65. The molecule has 0 fully saturated rings. The van der Waals surface area contributed by atoms with Crippen molar-refractivity contribution in [3.05, 3.63) is 0 Å². The largest absolute Gasteiger partial charge is 0.368 e. The number of rotatable bonds is 26. The number of thiocarbonyl (C=S) groups is 2. The van der Waals surface area contributed by atoms with E-state index in [0.717, 1.165) is 0 Å². The van der Waals surface area contributed by atoms with Gasteiger partial charge in [-0.3, -0.25) is 0 Å². The van der Waals surface area contributed by atoms with E-state index in [1.165, 1.54) is 0 Å². The lowest BCUT2D eigenvalue weighted by molar-refractivity contribution is -1.10. The Bertz CT molecular complexity index is 598. The van der Waals surface area contributed by atoms with Gasteiger partial charge >= 0.3 is 0 Å². The number of hydrogen-bond acceptors (Lipinski definition) is 12. The molecule has 41 heavy (non-hydrogen) atoms. The van der Waals surface area contributed by atoms with E-state index >= 15 is 0 Å². The maximum Gasteiger partial charge on any atom is 0.210 e. The lowest BCUT2D eigenvalue weighted by Crippen LogP contribution is -2.75. The third kappa shape index (κ3) is 15.1. The van der Waals surface area contributed by atoms with Gasteiger partial charge in [0, 0.05) is 52.9 Å². The van der Waals surface area contributed by atoms with Gasteiger partial charge < -0.3 is 87.6 Å². The maximum absolute atomic E-state index is 5.93. The van der Waals surface area contributed by atoms with Crippen LogP contribution in [0.4, 0.5) is 0 Å². The Morgan fingerprint density at radius 2 is 0.634 bits per heavy atom. The van der Waals surface area contributed by atoms with Crippen LogP contribution in [0.5, 0.6) is 0 Å². The van der Waals surface area contributed by atoms with Crippen LogP contribution in [0.25, 0.3) is 0 Å². The van der Waals surface area contributed by atoms with Gasteiger partial charge in [0.2, 0.25) is 25.2 Å². The highest BCUT2D eigenvalue weighted by molar-refractivity contribution is 8.00. The Balaban J connectivity index is 7.19. The van der Waals surface area contributed by atoms with Gasteiger partial charge in [0.05, 0.1) is 8.64 Å². The van der Waals surface area contributed by atoms with Crippen molar-refractivity contribution in [3.8, 4) is 0 Å². The van der Waals surface area contributed by atoms with Crippen LogP contribution in [0.2, 0.25) is 0 Å². The molecule has 15 heteroatoms. The Kier molecular flexibility index (Phi) is 23.7. The minimum atomic E-state index is -0.691. The molecule has 1 radical (unpaired) electrons. The molecule has 0 aromatic rings. The molecule has 0 amide bonds. The van der Waals surface area contributed by atoms with E-state index in [-0.39, 0.29) is 44.0 Å². The lowest BCUT2D eigenvalue weighted by Gasteiger charge is -2.47. The van der Waals surface area contributed by atoms with Gasteiger partial charge in [0.25, 0.3) is 0 Å². The zero-order chi connectivity index (χ0) is 31.3. The fraction of sp³-hybridized carbons (Fsp3) is 0.923. The highest BCUT2D eigenvalue weighted by Gasteiger charge is 2.50. The first kappa shape index (κ1) is 41.2. The molecule has 0 bridgehead atoms. The minimum absolute atomic E-state index is 0.112. The summed E-state index contributed by atoms with van der Waals surface area (Å²) in [5, 5.41) is 0. The molecule has 0 rings (SSSR count). The predicted octanol–water partition coefficient (Wildman–Crippen LogP) is 3.31. The number of nitrogens with zero attached hydrogens (tertiary/aromatic N) is 3. The number of quaternary nitrogens is 2. The van der Waals surface area contributed by atoms with Crippen LogP contribution >= 0.6 is 24.4 Å². The normalized spacial score (nSPS) is 12.8. The van der Waals surface area contributed by atoms with Crippen LogP contribution in [0, 0.1) is 0 Å². The number of ether oxygens (including phenoxy) is 8. The second kappa shape index (κ2) is 23.5. The summed E-state index contributed by atoms with van der Waals surface area (Å²) in [7, 11) is 0. The van der Waals surface area contributed by atoms with Gasteiger partial charge in [-0.1, -0.05) is 0 Å². The Labute approximate surface area is 269 Å². The van der Waals surface area contributed by atoms with Crippen molar-refractivity contribution in [3.63, 3.8) is 0 Å². The second-order valence-corrected chi connectivity index (χ2v) is 10.6. The summed E-state index contributed by atoms with van der Waals surface area (Å²) in [4.78, 5) is 0. The molecule has 0 aliphatic heterocycles. The SMILES string of the molecule is CCOC(C[N+](CC(OCC)OCC)([N][N+](CC(OCC)OCC)(CC(OCC)OCC)C(=S)[S-])C(=S)[S-])OCC. The summed E-state index contributed by atoms with van der Waals surface area (Å²) in [5.41, 5.74) is 5.30. The van der Waals surface area contributed by atoms with Crippen LogP contribution in [0.1, 0.15) is 55.4 Å². The zero-order valence-corrected chi connectivity index (χ0v) is 29.3. The van der Waals surface area contributed by atoms with E-state index in [4.69, 9.17) is 93.1 Å². The molecule has 0 saturated carbocycles. The quantitative estimate of drug-likeness (QED) is 0.0448. The van der Waals surface area contributed by atoms with Crippen LogP contribution in [-0.2, 0) is 63.2 Å². The van der Waals surface area contributed by atoms with E-state index in [1.54, 1.807) is 0 Å². The van der Waals surface area contributed by atoms with Crippen molar-refractivity contribution in [1.82, 2.24) is 5.53 Å². The summed E-state index contributed by atoms with van der Waals surface area (Å²) < 4.78 is 47.0. The van der Waals surface area contributed by atoms with Gasteiger partial charge in [-0.15, -0.1) is 9.18 Å². The van der Waals surface area contributed by atoms with E-state index in [9.17, 15) is 0 Å². The molecule has 0 saturated heterocycles. The first-order chi connectivity index (χ1) is 19.6. The molecule has 243 valence electrons. The minimum Gasteiger partial charge on any atom is -0.368 e. The van der Waals surface area contributed by atoms with Gasteiger partial charge in [0.1, 0.15) is 0 Å². The molecule has 0 aromatic heterocycles. The molecule has 0 unspecified atom stereocenters. The van der Waals surface area contributed by atoms with Crippen LogP contribution in [0.15, 0.2) is 0 Å². The summed E-state index contributed by atoms with van der Waals surface area (Å²) in [5.74, 6) is 0. The monoisotopic (exact) mass is 662 g/mol. The van der Waals surface area contributed by atoms with Crippen molar-refractivity contribution in [1.29, 1.82) is 0 Å². The van der Waals surface area contributed by atoms with E-state index in [0.29, 0.717) is 52.9 Å². The van der Waals surface area contributed by atoms with Crippen molar-refractivity contribution in [2.45, 2.75) is 80.6 Å². The zero-order valence-electron chi connectivity index (χ0n) is 26.0. The van der Waals surface area contributed by atoms with Crippen molar-refractivity contribution < 1.29 is 47.1 Å². The highest BCUT2D eigenvalue weighted by Crippen LogP contribution is 2.23. The standard InChI is InChI=1S/C26H54N3O8S4/c1-9-30-21(31-10-2)17-28(25(38)39,18-22(32-11-3)33-12-4)27-29(26(40)41,19-23(34-13-5)35-14-6)20-24(36-15-7)37-16-8/h21-24H,9-20H2,1-8H3,(H,38,39)(H,40,41)/q+2/p-2. The molecule has 0 spiro atoms. The van der Waals surface area contributed by atoms with Crippen LogP contribution < -0.4 is 5.53 Å². The van der Waals surface area contributed by atoms with Gasteiger partial charge in [-0.25, -0.2) is 0 Å². The Hall–Kier alpha value is 0.180. The fourth-order valence-electron chi connectivity index (χ4n) is 4.08. The van der Waals surface area contributed by atoms with E-state index in [1.807, 2.05) is 55.4 Å². The Morgan fingerprint density at radius 3 is 0.756 bits per heavy atom. The molecule has 0 aliphatic rings. The van der Waals surface area contributed by atoms with Crippen LogP contribution in [0.3, 0.4) is 0 Å². The van der Waals surface area contributed by atoms with Crippen LogP contribution in [-0.4, -0.2) is 122 Å². The van der Waals surface area contributed by atoms with E-state index < -0.39 is 25.2 Å². The van der Waals surface area contributed by atoms with Gasteiger partial charge in [0.15, 0.2) is 31.7 Å². The smallest absolute Gasteiger partial charge is 0.210 e. The summed E-state index contributed by atoms with van der Waals surface area (Å²) in [6, 6.07) is 0. The molecule has 0 heterocycles. The summed E-state index contributed by atoms with van der Waals surface area (Å²) >= 11 is 23.0. The molecule has 0 aliphatic carbocycles. The molecular formula is C26H52N3O8S4. The van der Waals surface area contributed by atoms with Gasteiger partial charge in [-0.05, 0) is 55.4 Å². The van der Waals surface area contributed by atoms with Crippen molar-refractivity contribution in [2.75, 3.05) is 79.0 Å². The molecule has 0 N–H and O–H groups in total. The topological polar surface area (TPSA) is 87.9 Å².